The normalized spacial score (nSPS) is 27.1. The SMILES string of the molecule is C=c1c(C)c(O)c(=C)c(C(C)(C)CC(=O)N(C)CCN(CCCC(=O)NCCCCC(NC(=O)CCC(C)C2CCC3C4C(O)CC5CC(O)CCC5(C)C4CCC23C)C(=O)O)C(=O)Oc2ccc3nc(C4=NC(C(=O)O)CS4)sc3c2)c1O. The summed E-state index contributed by atoms with van der Waals surface area (Å²) in [5.41, 5.74) is 0.542. The van der Waals surface area contributed by atoms with Crippen LogP contribution in [0.5, 0.6) is 17.2 Å². The van der Waals surface area contributed by atoms with Gasteiger partial charge in [-0.15, -0.1) is 23.1 Å². The molecule has 4 amide bonds. The Labute approximate surface area is 500 Å². The molecule has 8 N–H and O–H groups in total. The molecule has 21 heteroatoms. The monoisotopic (exact) mass is 1200 g/mol. The number of aliphatic hydroxyl groups is 2. The van der Waals surface area contributed by atoms with Crippen LogP contribution in [0.15, 0.2) is 23.2 Å². The summed E-state index contributed by atoms with van der Waals surface area (Å²) in [6, 6.07) is 3.01. The molecule has 1 aliphatic heterocycles. The first-order valence-corrected chi connectivity index (χ1v) is 31.9. The van der Waals surface area contributed by atoms with E-state index in [0.29, 0.717) is 80.1 Å². The van der Waals surface area contributed by atoms with Gasteiger partial charge in [0.1, 0.15) is 33.3 Å². The third-order valence-corrected chi connectivity index (χ3v) is 22.4. The number of amides is 4. The number of carboxylic acid groups (broad SMARTS) is 2. The number of thioether (sulfide) groups is 1. The summed E-state index contributed by atoms with van der Waals surface area (Å²) in [5.74, 6) is -0.590. The average Bonchev–Trinajstić information content (AvgIpc) is 1.79. The van der Waals surface area contributed by atoms with Gasteiger partial charge in [-0.1, -0.05) is 47.8 Å². The molecule has 2 aromatic carbocycles. The van der Waals surface area contributed by atoms with E-state index < -0.39 is 35.5 Å². The second-order valence-corrected chi connectivity index (χ2v) is 28.0. The Morgan fingerprint density at radius 2 is 1.61 bits per heavy atom. The number of ether oxygens (including phenoxy) is 1. The average molecular weight is 1200 g/mol. The van der Waals surface area contributed by atoms with Crippen molar-refractivity contribution in [1.82, 2.24) is 25.4 Å². The summed E-state index contributed by atoms with van der Waals surface area (Å²) in [5, 5.41) is 70.6. The van der Waals surface area contributed by atoms with Crippen LogP contribution in [0, 0.1) is 53.3 Å². The van der Waals surface area contributed by atoms with E-state index >= 15 is 0 Å². The van der Waals surface area contributed by atoms with Crippen molar-refractivity contribution in [3.05, 3.63) is 44.8 Å². The molecule has 12 atom stereocenters. The molecule has 0 radical (unpaired) electrons. The van der Waals surface area contributed by atoms with Gasteiger partial charge in [0, 0.05) is 91.3 Å². The van der Waals surface area contributed by atoms with Crippen molar-refractivity contribution in [1.29, 1.82) is 0 Å². The Kier molecular flexibility index (Phi) is 20.2. The van der Waals surface area contributed by atoms with E-state index in [1.54, 1.807) is 46.0 Å². The lowest BCUT2D eigenvalue weighted by Gasteiger charge is -2.62. The van der Waals surface area contributed by atoms with Gasteiger partial charge in [-0.2, -0.15) is 0 Å². The zero-order valence-corrected chi connectivity index (χ0v) is 51.5. The van der Waals surface area contributed by atoms with Gasteiger partial charge in [-0.25, -0.2) is 19.4 Å². The molecule has 12 unspecified atom stereocenters. The molecule has 0 bridgehead atoms. The Balaban J connectivity index is 0.801. The number of phenols is 2. The van der Waals surface area contributed by atoms with Crippen molar-refractivity contribution in [2.24, 2.45) is 51.3 Å². The van der Waals surface area contributed by atoms with Gasteiger partial charge in [0.2, 0.25) is 17.7 Å². The van der Waals surface area contributed by atoms with E-state index in [4.69, 9.17) is 4.74 Å². The number of thiazole rings is 1. The number of aliphatic imine (C=N–C) groups is 1. The minimum Gasteiger partial charge on any atom is -0.507 e. The number of nitrogens with one attached hydrogen (secondary N) is 2. The van der Waals surface area contributed by atoms with Crippen LogP contribution < -0.4 is 25.8 Å². The van der Waals surface area contributed by atoms with Gasteiger partial charge in [0.25, 0.3) is 0 Å². The standard InChI is InChI=1S/C63H88N6O13S2/c1-34(41-17-18-42-52-43(22-24-63(41,42)8)62(7)23-21-39(70)29-38(62)30-47(52)71)15-20-50(73)65-45(58(77)78)13-10-11-25-64-49(72)14-12-26-69(28-27-68(9)51(74)32-61(5,6)53-37(4)54(75)35(2)36(3)55(53)76)60(81)82-40-16-19-44-48(31-40)84-57(66-44)56-67-46(33-83-56)59(79)80/h16,19,31,34,38-39,41-43,45-47,52,70-71,75-76H,3-4,10-15,17-18,20-30,32-33H2,1-2,5-9H3,(H,64,72)(H,65,73)(H,77,78)(H,79,80). The number of rotatable bonds is 24. The van der Waals surface area contributed by atoms with E-state index in [0.717, 1.165) is 51.4 Å². The van der Waals surface area contributed by atoms with Crippen molar-refractivity contribution in [3.8, 4) is 17.2 Å². The number of hydrogen-bond acceptors (Lipinski definition) is 15. The number of aliphatic carboxylic acids is 2. The number of carbonyl (C=O) groups is 6. The molecule has 2 heterocycles. The maximum atomic E-state index is 14.0. The first-order chi connectivity index (χ1) is 39.6. The van der Waals surface area contributed by atoms with Crippen LogP contribution in [-0.4, -0.2) is 149 Å². The number of benzene rings is 2. The minimum absolute atomic E-state index is 0.0269. The molecule has 460 valence electrons. The van der Waals surface area contributed by atoms with E-state index in [9.17, 15) is 59.4 Å². The van der Waals surface area contributed by atoms with E-state index in [1.807, 2.05) is 0 Å². The van der Waals surface area contributed by atoms with Gasteiger partial charge in [0.15, 0.2) is 6.04 Å². The van der Waals surface area contributed by atoms with Crippen molar-refractivity contribution in [2.75, 3.05) is 39.0 Å². The number of aromatic hydroxyl groups is 2. The summed E-state index contributed by atoms with van der Waals surface area (Å²) in [6.45, 7) is 20.5. The highest BCUT2D eigenvalue weighted by Gasteiger charge is 2.63. The number of likely N-dealkylation sites (N-methyl/N-ethyl adjacent to an activating group) is 1. The lowest BCUT2D eigenvalue weighted by atomic mass is 9.43. The molecule has 0 spiro atoms. The van der Waals surface area contributed by atoms with E-state index in [-0.39, 0.29) is 139 Å². The quantitative estimate of drug-likeness (QED) is 0.0319. The van der Waals surface area contributed by atoms with Gasteiger partial charge >= 0.3 is 18.0 Å². The fourth-order valence-electron chi connectivity index (χ4n) is 15.3. The highest BCUT2D eigenvalue weighted by Crippen LogP contribution is 2.68. The van der Waals surface area contributed by atoms with Crippen LogP contribution in [0.3, 0.4) is 0 Å². The number of aliphatic hydroxyl groups excluding tert-OH is 2. The van der Waals surface area contributed by atoms with Crippen molar-refractivity contribution < 1.29 is 64.1 Å². The fraction of sp³-hybridized carbons (Fsp3) is 0.651. The first kappa shape index (κ1) is 64.2. The van der Waals surface area contributed by atoms with Gasteiger partial charge < -0.3 is 55.8 Å². The Morgan fingerprint density at radius 3 is 2.32 bits per heavy atom. The predicted molar refractivity (Wildman–Crippen MR) is 324 cm³/mol. The number of hydrogen-bond donors (Lipinski definition) is 8. The molecule has 1 aromatic heterocycles. The Hall–Kier alpha value is -5.77. The molecule has 4 fully saturated rings. The smallest absolute Gasteiger partial charge is 0.415 e. The Morgan fingerprint density at radius 1 is 0.881 bits per heavy atom. The molecule has 8 rings (SSSR count). The molecule has 4 aliphatic carbocycles. The number of phenolic OH excluding ortho intramolecular Hbond substituents is 2. The number of carboxylic acids is 2. The fourth-order valence-corrected chi connectivity index (χ4v) is 17.4. The molecule has 19 nitrogen and oxygen atoms in total. The molecule has 5 aliphatic rings. The number of carbonyl (C=O) groups excluding carboxylic acids is 4. The van der Waals surface area contributed by atoms with Crippen LogP contribution >= 0.6 is 23.1 Å². The lowest BCUT2D eigenvalue weighted by molar-refractivity contribution is -0.174. The van der Waals surface area contributed by atoms with E-state index in [1.165, 1.54) is 32.9 Å². The lowest BCUT2D eigenvalue weighted by Crippen LogP contribution is -2.58. The second-order valence-electron chi connectivity index (χ2n) is 26.0. The van der Waals surface area contributed by atoms with Gasteiger partial charge in [0.05, 0.1) is 22.4 Å². The molecule has 84 heavy (non-hydrogen) atoms. The molecule has 3 aromatic rings. The number of unbranched alkanes of at least 4 members (excludes halogenated alkanes) is 1. The van der Waals surface area contributed by atoms with Gasteiger partial charge in [-0.3, -0.25) is 19.4 Å². The number of aromatic nitrogens is 1. The second kappa shape index (κ2) is 26.5. The number of fused-ring (bicyclic) bond motifs is 6. The third-order valence-electron chi connectivity index (χ3n) is 20.2. The van der Waals surface area contributed by atoms with Gasteiger partial charge in [-0.05, 0) is 149 Å². The summed E-state index contributed by atoms with van der Waals surface area (Å²) in [7, 11) is 1.59. The van der Waals surface area contributed by atoms with Crippen LogP contribution in [0.25, 0.3) is 23.4 Å². The molecular formula is C63H88N6O13S2. The van der Waals surface area contributed by atoms with Crippen LogP contribution in [0.1, 0.15) is 153 Å². The van der Waals surface area contributed by atoms with Crippen LogP contribution in [0.4, 0.5) is 4.79 Å². The molecule has 4 saturated carbocycles. The largest absolute Gasteiger partial charge is 0.507 e. The van der Waals surface area contributed by atoms with Crippen molar-refractivity contribution in [3.63, 3.8) is 0 Å². The highest BCUT2D eigenvalue weighted by molar-refractivity contribution is 8.15. The zero-order chi connectivity index (χ0) is 61.2. The topological polar surface area (TPSA) is 289 Å². The number of nitrogens with zero attached hydrogens (tertiary/aromatic N) is 4. The molecule has 0 saturated heterocycles. The van der Waals surface area contributed by atoms with Crippen LogP contribution in [-0.2, 0) is 29.4 Å². The van der Waals surface area contributed by atoms with Crippen molar-refractivity contribution in [2.45, 2.75) is 174 Å². The summed E-state index contributed by atoms with van der Waals surface area (Å²) >= 11 is 2.60. The van der Waals surface area contributed by atoms with Crippen LogP contribution in [0.2, 0.25) is 0 Å². The first-order valence-electron chi connectivity index (χ1n) is 30.1. The summed E-state index contributed by atoms with van der Waals surface area (Å²) in [4.78, 5) is 89.8. The van der Waals surface area contributed by atoms with E-state index in [2.05, 4.69) is 54.5 Å². The minimum atomic E-state index is -1.12. The predicted octanol–water partition coefficient (Wildman–Crippen LogP) is 7.45. The summed E-state index contributed by atoms with van der Waals surface area (Å²) in [6.07, 6.45) is 8.52. The summed E-state index contributed by atoms with van der Waals surface area (Å²) < 4.78 is 6.56. The maximum absolute atomic E-state index is 14.0. The van der Waals surface area contributed by atoms with Crippen molar-refractivity contribution >= 4 is 87.3 Å². The Bertz CT molecular complexity index is 3120. The zero-order valence-electron chi connectivity index (χ0n) is 49.9. The maximum Gasteiger partial charge on any atom is 0.415 e. The highest BCUT2D eigenvalue weighted by atomic mass is 32.2. The third kappa shape index (κ3) is 13.9. The molecular weight excluding hydrogens is 1110 g/mol.